The van der Waals surface area contributed by atoms with E-state index in [-0.39, 0.29) is 105 Å². The Morgan fingerprint density at radius 3 is 1.63 bits per heavy atom. The molecule has 12 saturated carbocycles. The molecule has 1 heterocycles. The van der Waals surface area contributed by atoms with Crippen molar-refractivity contribution in [3.63, 3.8) is 0 Å². The molecular formula is C56H96O12. The van der Waals surface area contributed by atoms with Gasteiger partial charge in [-0.15, -0.1) is 0 Å². The van der Waals surface area contributed by atoms with Crippen molar-refractivity contribution in [3.8, 4) is 0 Å². The first-order chi connectivity index (χ1) is 29.0. The van der Waals surface area contributed by atoms with Gasteiger partial charge >= 0.3 is 29.8 Å². The molecule has 0 radical (unpaired) electrons. The predicted molar refractivity (Wildman–Crippen MR) is 263 cm³/mol. The highest BCUT2D eigenvalue weighted by Gasteiger charge is 2.71. The van der Waals surface area contributed by atoms with E-state index >= 15 is 9.59 Å². The number of carboxylic acid groups (broad SMARTS) is 1. The van der Waals surface area contributed by atoms with E-state index in [1.165, 1.54) is 0 Å². The molecule has 12 aliphatic carbocycles. The summed E-state index contributed by atoms with van der Waals surface area (Å²) in [6.07, 6.45) is 12.8. The van der Waals surface area contributed by atoms with Crippen LogP contribution >= 0.6 is 0 Å². The fourth-order valence-electron chi connectivity index (χ4n) is 17.9. The summed E-state index contributed by atoms with van der Waals surface area (Å²) in [6.45, 7) is 11.7. The van der Waals surface area contributed by atoms with Crippen LogP contribution < -0.4 is 0 Å². The van der Waals surface area contributed by atoms with E-state index in [4.69, 9.17) is 28.4 Å². The van der Waals surface area contributed by atoms with Crippen molar-refractivity contribution in [2.24, 2.45) is 68.5 Å². The van der Waals surface area contributed by atoms with Gasteiger partial charge in [0, 0.05) is 32.3 Å². The van der Waals surface area contributed by atoms with Gasteiger partial charge in [0.2, 0.25) is 0 Å². The number of carbonyl (C=O) groups is 5. The fourth-order valence-corrected chi connectivity index (χ4v) is 17.9. The second kappa shape index (κ2) is 18.7. The first kappa shape index (κ1) is 57.8. The van der Waals surface area contributed by atoms with E-state index in [0.717, 1.165) is 51.4 Å². The number of carboxylic acids is 1. The molecule has 1 N–H and O–H groups in total. The van der Waals surface area contributed by atoms with Crippen LogP contribution in [0.15, 0.2) is 0 Å². The molecule has 0 aromatic rings. The van der Waals surface area contributed by atoms with Crippen LogP contribution in [0.2, 0.25) is 0 Å². The van der Waals surface area contributed by atoms with Gasteiger partial charge in [-0.25, -0.2) is 0 Å². The van der Waals surface area contributed by atoms with E-state index in [1.807, 2.05) is 41.5 Å². The van der Waals surface area contributed by atoms with Crippen LogP contribution in [0.4, 0.5) is 0 Å². The van der Waals surface area contributed by atoms with Gasteiger partial charge in [-0.3, -0.25) is 24.0 Å². The number of cyclic esters (lactones) is 1. The van der Waals surface area contributed by atoms with Gasteiger partial charge in [-0.05, 0) is 179 Å². The summed E-state index contributed by atoms with van der Waals surface area (Å²) < 4.78 is 38.2. The number of hydrogen-bond acceptors (Lipinski definition) is 11. The average molecular weight is 961 g/mol. The minimum atomic E-state index is -1.34. The Labute approximate surface area is 411 Å². The highest BCUT2D eigenvalue weighted by molar-refractivity contribution is 5.84. The highest BCUT2D eigenvalue weighted by atomic mass is 16.7. The minimum absolute atomic E-state index is 0. The van der Waals surface area contributed by atoms with Crippen LogP contribution in [0.1, 0.15) is 215 Å². The quantitative estimate of drug-likeness (QED) is 0.0941. The molecule has 68 heavy (non-hydrogen) atoms. The van der Waals surface area contributed by atoms with E-state index in [9.17, 15) is 19.5 Å². The third-order valence-electron chi connectivity index (χ3n) is 19.3. The van der Waals surface area contributed by atoms with Crippen molar-refractivity contribution < 1.29 is 57.5 Å². The zero-order valence-corrected chi connectivity index (χ0v) is 38.4. The van der Waals surface area contributed by atoms with Crippen molar-refractivity contribution in [1.29, 1.82) is 0 Å². The van der Waals surface area contributed by atoms with Gasteiger partial charge < -0.3 is 33.5 Å². The maximum absolute atomic E-state index is 15.4. The number of hydrogen-bond donors (Lipinski definition) is 1. The second-order valence-corrected chi connectivity index (χ2v) is 25.1. The molecule has 12 unspecified atom stereocenters. The van der Waals surface area contributed by atoms with Crippen molar-refractivity contribution in [2.45, 2.75) is 243 Å². The van der Waals surface area contributed by atoms with Gasteiger partial charge in [0.05, 0.1) is 39.3 Å². The van der Waals surface area contributed by atoms with Crippen molar-refractivity contribution in [3.05, 3.63) is 0 Å². The third-order valence-corrected chi connectivity index (χ3v) is 19.3. The zero-order valence-electron chi connectivity index (χ0n) is 38.4. The molecule has 13 fully saturated rings. The topological polar surface area (TPSA) is 161 Å². The Morgan fingerprint density at radius 2 is 1.10 bits per heavy atom. The van der Waals surface area contributed by atoms with Crippen LogP contribution in [0, 0.1) is 68.5 Å². The molecular weight excluding hydrogens is 865 g/mol. The number of rotatable bonds is 15. The van der Waals surface area contributed by atoms with E-state index in [1.54, 1.807) is 7.11 Å². The lowest BCUT2D eigenvalue weighted by atomic mass is 9.44. The first-order valence-corrected chi connectivity index (χ1v) is 24.3. The summed E-state index contributed by atoms with van der Waals surface area (Å²) >= 11 is 0. The lowest BCUT2D eigenvalue weighted by Crippen LogP contribution is -2.63. The van der Waals surface area contributed by atoms with Crippen LogP contribution in [0.25, 0.3) is 0 Å². The first-order valence-electron chi connectivity index (χ1n) is 24.3. The van der Waals surface area contributed by atoms with E-state index in [2.05, 4.69) is 0 Å². The number of ether oxygens (including phenoxy) is 6. The molecule has 12 atom stereocenters. The van der Waals surface area contributed by atoms with Gasteiger partial charge in [0.1, 0.15) is 16.8 Å². The summed E-state index contributed by atoms with van der Waals surface area (Å²) in [6, 6.07) is 0. The SMILES string of the molecule is C.C.C.C.C.C.CCC(C)(CC(C)(CC(C)(C)C(=O)OC12CC3CC(C1)CC(C(=O)O)(C3)C2)C(=O)OC12CC3CC(C1)C1COC(=O)C1(C3)C2)C(=O)OC12CC3CC(C1)CC(OC(C)OC)(C3)C2. The smallest absolute Gasteiger partial charge is 0.312 e. The number of esters is 4. The Balaban J connectivity index is 0.00000168. The molecule has 1 spiro atoms. The van der Waals surface area contributed by atoms with Crippen molar-refractivity contribution >= 4 is 29.8 Å². The van der Waals surface area contributed by atoms with Crippen LogP contribution in [0.5, 0.6) is 0 Å². The van der Waals surface area contributed by atoms with E-state index in [0.29, 0.717) is 82.7 Å². The molecule has 392 valence electrons. The predicted octanol–water partition coefficient (Wildman–Crippen LogP) is 12.3. The maximum Gasteiger partial charge on any atom is 0.312 e. The molecule has 0 aromatic carbocycles. The van der Waals surface area contributed by atoms with Crippen LogP contribution in [-0.4, -0.2) is 77.4 Å². The maximum atomic E-state index is 15.4. The lowest BCUT2D eigenvalue weighted by molar-refractivity contribution is -0.277. The third kappa shape index (κ3) is 9.09. The number of aliphatic carboxylic acids is 1. The van der Waals surface area contributed by atoms with Gasteiger partial charge in [-0.1, -0.05) is 51.5 Å². The van der Waals surface area contributed by atoms with Gasteiger partial charge in [0.15, 0.2) is 6.29 Å². The summed E-state index contributed by atoms with van der Waals surface area (Å²) in [4.78, 5) is 71.3. The molecule has 0 aromatic heterocycles. The summed E-state index contributed by atoms with van der Waals surface area (Å²) in [5, 5.41) is 10.4. The largest absolute Gasteiger partial charge is 0.481 e. The lowest BCUT2D eigenvalue weighted by Gasteiger charge is -2.61. The molecule has 13 aliphatic rings. The Kier molecular flexibility index (Phi) is 15.9. The normalized spacial score (nSPS) is 42.3. The minimum Gasteiger partial charge on any atom is -0.481 e. The van der Waals surface area contributed by atoms with Gasteiger partial charge in [0.25, 0.3) is 0 Å². The second-order valence-electron chi connectivity index (χ2n) is 25.1. The Hall–Kier alpha value is -2.73. The summed E-state index contributed by atoms with van der Waals surface area (Å²) in [5.74, 6) is -0.364. The van der Waals surface area contributed by atoms with Crippen LogP contribution in [0.3, 0.4) is 0 Å². The highest BCUT2D eigenvalue weighted by Crippen LogP contribution is 2.69. The molecule has 1 saturated heterocycles. The molecule has 13 rings (SSSR count). The monoisotopic (exact) mass is 961 g/mol. The average Bonchev–Trinajstić information content (AvgIpc) is 3.47. The zero-order chi connectivity index (χ0) is 44.1. The standard InChI is InChI=1S/C50H72O12.6CH4/c1-8-43(5,39(54)61-48-18-32-10-33(19-48)17-47(16-32,27-48)59-29(2)57-7)25-44(6,40(55)62-49-20-34-11-35(22-49)36-23-58-41(56)50(36,21-34)28-49)24-42(3,4)38(53)60-46-14-30-9-31(15-46)13-45(12-30,26-46)37(51)52;;;;;;/h29-36H,8-28H2,1-7H3,(H,51,52);6*1H4. The number of carbonyl (C=O) groups excluding carboxylic acids is 4. The molecule has 12 heteroatoms. The van der Waals surface area contributed by atoms with E-state index < -0.39 is 67.4 Å². The molecule has 12 nitrogen and oxygen atoms in total. The van der Waals surface area contributed by atoms with Gasteiger partial charge in [-0.2, -0.15) is 0 Å². The summed E-state index contributed by atoms with van der Waals surface area (Å²) in [5.41, 5.74) is -7.90. The number of methoxy groups -OCH3 is 1. The van der Waals surface area contributed by atoms with Crippen molar-refractivity contribution in [1.82, 2.24) is 0 Å². The summed E-state index contributed by atoms with van der Waals surface area (Å²) in [7, 11) is 1.65. The van der Waals surface area contributed by atoms with Crippen molar-refractivity contribution in [2.75, 3.05) is 13.7 Å². The Bertz CT molecular complexity index is 1900. The molecule has 12 bridgehead atoms. The van der Waals surface area contributed by atoms with Crippen LogP contribution in [-0.2, 0) is 52.4 Å². The fraction of sp³-hybridized carbons (Fsp3) is 0.911. The molecule has 1 aliphatic heterocycles. The Morgan fingerprint density at radius 1 is 0.632 bits per heavy atom. The molecule has 0 amide bonds.